The van der Waals surface area contributed by atoms with Crippen LogP contribution in [0.1, 0.15) is 26.5 Å². The Hall–Kier alpha value is -1.65. The van der Waals surface area contributed by atoms with E-state index in [0.717, 1.165) is 12.1 Å². The first-order valence-corrected chi connectivity index (χ1v) is 5.28. The highest BCUT2D eigenvalue weighted by Gasteiger charge is 2.19. The fraction of sp³-hybridized carbons (Fsp3) is 0.545. The summed E-state index contributed by atoms with van der Waals surface area (Å²) in [6.45, 7) is 6.37. The first-order chi connectivity index (χ1) is 7.38. The van der Waals surface area contributed by atoms with E-state index in [9.17, 15) is 4.79 Å². The van der Waals surface area contributed by atoms with E-state index in [1.54, 1.807) is 11.7 Å². The highest BCUT2D eigenvalue weighted by atomic mass is 16.1. The van der Waals surface area contributed by atoms with Crippen molar-refractivity contribution in [1.82, 2.24) is 19.7 Å². The summed E-state index contributed by atoms with van der Waals surface area (Å²) in [6.07, 6.45) is 2.17. The Labute approximate surface area is 93.5 Å². The van der Waals surface area contributed by atoms with E-state index < -0.39 is 0 Å². The van der Waals surface area contributed by atoms with Gasteiger partial charge in [-0.15, -0.1) is 0 Å². The molecule has 0 aliphatic heterocycles. The molecule has 0 aliphatic carbocycles. The van der Waals surface area contributed by atoms with E-state index in [4.69, 9.17) is 0 Å². The van der Waals surface area contributed by atoms with Crippen LogP contribution in [0, 0.1) is 5.41 Å². The Kier molecular flexibility index (Phi) is 2.33. The molecule has 1 N–H and O–H groups in total. The molecule has 2 aromatic heterocycles. The Balaban J connectivity index is 2.67. The van der Waals surface area contributed by atoms with Crippen LogP contribution >= 0.6 is 0 Å². The van der Waals surface area contributed by atoms with Gasteiger partial charge in [0.15, 0.2) is 5.65 Å². The van der Waals surface area contributed by atoms with Crippen LogP contribution in [0.5, 0.6) is 0 Å². The lowest BCUT2D eigenvalue weighted by Gasteiger charge is -2.15. The van der Waals surface area contributed by atoms with Gasteiger partial charge < -0.3 is 4.98 Å². The number of nitrogens with one attached hydrogen (secondary N) is 1. The van der Waals surface area contributed by atoms with E-state index >= 15 is 0 Å². The second kappa shape index (κ2) is 3.43. The van der Waals surface area contributed by atoms with Gasteiger partial charge in [0.1, 0.15) is 5.39 Å². The molecule has 0 saturated carbocycles. The van der Waals surface area contributed by atoms with Crippen LogP contribution in [0.4, 0.5) is 0 Å². The third-order valence-corrected chi connectivity index (χ3v) is 2.40. The number of H-pyrrole nitrogens is 1. The number of rotatable bonds is 1. The maximum Gasteiger partial charge on any atom is 0.262 e. The van der Waals surface area contributed by atoms with Gasteiger partial charge in [0.2, 0.25) is 0 Å². The van der Waals surface area contributed by atoms with Gasteiger partial charge in [0, 0.05) is 7.05 Å². The third-order valence-electron chi connectivity index (χ3n) is 2.40. The van der Waals surface area contributed by atoms with Crippen molar-refractivity contribution in [2.24, 2.45) is 12.5 Å². The second-order valence-corrected chi connectivity index (χ2v) is 5.24. The number of aryl methyl sites for hydroxylation is 1. The lowest BCUT2D eigenvalue weighted by atomic mass is 9.90. The number of aromatic amines is 1. The number of nitrogens with zero attached hydrogens (tertiary/aromatic N) is 3. The lowest BCUT2D eigenvalue weighted by Crippen LogP contribution is -2.13. The third kappa shape index (κ3) is 1.85. The molecule has 2 heterocycles. The van der Waals surface area contributed by atoms with Gasteiger partial charge in [0.05, 0.1) is 12.0 Å². The van der Waals surface area contributed by atoms with Crippen molar-refractivity contribution < 1.29 is 0 Å². The van der Waals surface area contributed by atoms with E-state index in [-0.39, 0.29) is 11.0 Å². The van der Waals surface area contributed by atoms with Crippen LogP contribution in [0.25, 0.3) is 11.0 Å². The fourth-order valence-corrected chi connectivity index (χ4v) is 1.80. The monoisotopic (exact) mass is 220 g/mol. The summed E-state index contributed by atoms with van der Waals surface area (Å²) < 4.78 is 1.66. The maximum absolute atomic E-state index is 11.7. The van der Waals surface area contributed by atoms with Crippen molar-refractivity contribution in [3.63, 3.8) is 0 Å². The van der Waals surface area contributed by atoms with Gasteiger partial charge in [-0.2, -0.15) is 5.10 Å². The Morgan fingerprint density at radius 2 is 2.12 bits per heavy atom. The molecule has 0 amide bonds. The number of hydrogen-bond donors (Lipinski definition) is 1. The van der Waals surface area contributed by atoms with Gasteiger partial charge in [-0.1, -0.05) is 20.8 Å². The summed E-state index contributed by atoms with van der Waals surface area (Å²) in [7, 11) is 1.81. The molecule has 0 radical (unpaired) electrons. The molecule has 0 aliphatic rings. The highest BCUT2D eigenvalue weighted by Crippen LogP contribution is 2.22. The van der Waals surface area contributed by atoms with Gasteiger partial charge in [-0.3, -0.25) is 4.79 Å². The molecule has 0 saturated heterocycles. The number of fused-ring (bicyclic) bond motifs is 1. The first kappa shape index (κ1) is 10.9. The minimum absolute atomic E-state index is 0.101. The largest absolute Gasteiger partial charge is 0.312 e. The zero-order chi connectivity index (χ0) is 11.9. The number of aromatic nitrogens is 4. The van der Waals surface area contributed by atoms with E-state index in [0.29, 0.717) is 11.0 Å². The molecule has 0 spiro atoms. The Morgan fingerprint density at radius 3 is 2.75 bits per heavy atom. The molecule has 2 aromatic rings. The zero-order valence-corrected chi connectivity index (χ0v) is 10.0. The van der Waals surface area contributed by atoms with Crippen LogP contribution in [0.2, 0.25) is 0 Å². The van der Waals surface area contributed by atoms with Crippen LogP contribution in [0.3, 0.4) is 0 Å². The molecular formula is C11H16N4O. The van der Waals surface area contributed by atoms with Crippen LogP contribution in [0.15, 0.2) is 11.1 Å². The SMILES string of the molecule is Cn1nc(CC(C)(C)C)c2c(=O)[nH]cnc21. The summed E-state index contributed by atoms with van der Waals surface area (Å²) in [6, 6.07) is 0. The predicted octanol–water partition coefficient (Wildman–Crippen LogP) is 1.25. The minimum atomic E-state index is -0.114. The molecule has 5 heteroatoms. The van der Waals surface area contributed by atoms with Gasteiger partial charge in [-0.25, -0.2) is 9.67 Å². The average Bonchev–Trinajstić information content (AvgIpc) is 2.42. The van der Waals surface area contributed by atoms with Gasteiger partial charge in [-0.05, 0) is 11.8 Å². The second-order valence-electron chi connectivity index (χ2n) is 5.24. The highest BCUT2D eigenvalue weighted by molar-refractivity contribution is 5.76. The quantitative estimate of drug-likeness (QED) is 0.786. The molecule has 0 aromatic carbocycles. The molecule has 16 heavy (non-hydrogen) atoms. The molecule has 2 rings (SSSR count). The normalized spacial score (nSPS) is 12.2. The molecule has 0 fully saturated rings. The lowest BCUT2D eigenvalue weighted by molar-refractivity contribution is 0.405. The van der Waals surface area contributed by atoms with Crippen LogP contribution in [-0.2, 0) is 13.5 Å². The summed E-state index contributed by atoms with van der Waals surface area (Å²) in [5.74, 6) is 0. The van der Waals surface area contributed by atoms with Crippen molar-refractivity contribution in [3.05, 3.63) is 22.4 Å². The summed E-state index contributed by atoms with van der Waals surface area (Å²) in [5.41, 5.74) is 1.45. The van der Waals surface area contributed by atoms with Crippen molar-refractivity contribution in [1.29, 1.82) is 0 Å². The molecule has 0 bridgehead atoms. The first-order valence-electron chi connectivity index (χ1n) is 5.28. The van der Waals surface area contributed by atoms with Crippen molar-refractivity contribution in [2.75, 3.05) is 0 Å². The summed E-state index contributed by atoms with van der Waals surface area (Å²) in [5, 5.41) is 4.98. The van der Waals surface area contributed by atoms with Gasteiger partial charge >= 0.3 is 0 Å². The maximum atomic E-state index is 11.7. The zero-order valence-electron chi connectivity index (χ0n) is 10.0. The molecular weight excluding hydrogens is 204 g/mol. The van der Waals surface area contributed by atoms with Gasteiger partial charge in [0.25, 0.3) is 5.56 Å². The van der Waals surface area contributed by atoms with Crippen LogP contribution < -0.4 is 5.56 Å². The Morgan fingerprint density at radius 1 is 1.44 bits per heavy atom. The molecule has 5 nitrogen and oxygen atoms in total. The summed E-state index contributed by atoms with van der Waals surface area (Å²) >= 11 is 0. The summed E-state index contributed by atoms with van der Waals surface area (Å²) in [4.78, 5) is 18.5. The minimum Gasteiger partial charge on any atom is -0.312 e. The van der Waals surface area contributed by atoms with Crippen LogP contribution in [-0.4, -0.2) is 19.7 Å². The molecule has 0 atom stereocenters. The smallest absolute Gasteiger partial charge is 0.262 e. The fourth-order valence-electron chi connectivity index (χ4n) is 1.80. The van der Waals surface area contributed by atoms with Crippen molar-refractivity contribution in [2.45, 2.75) is 27.2 Å². The number of hydrogen-bond acceptors (Lipinski definition) is 3. The Bertz CT molecular complexity index is 574. The topological polar surface area (TPSA) is 63.6 Å². The van der Waals surface area contributed by atoms with E-state index in [1.807, 2.05) is 0 Å². The van der Waals surface area contributed by atoms with Crippen molar-refractivity contribution in [3.8, 4) is 0 Å². The molecule has 86 valence electrons. The van der Waals surface area contributed by atoms with E-state index in [2.05, 4.69) is 35.8 Å². The average molecular weight is 220 g/mol. The molecule has 0 unspecified atom stereocenters. The van der Waals surface area contributed by atoms with Crippen molar-refractivity contribution >= 4 is 11.0 Å². The predicted molar refractivity (Wildman–Crippen MR) is 62.3 cm³/mol. The standard InChI is InChI=1S/C11H16N4O/c1-11(2,3)5-7-8-9(15(4)14-7)12-6-13-10(8)16/h6H,5H2,1-4H3,(H,12,13,16). The van der Waals surface area contributed by atoms with E-state index in [1.165, 1.54) is 6.33 Å².